The zero-order valence-corrected chi connectivity index (χ0v) is 12.9. The van der Waals surface area contributed by atoms with Gasteiger partial charge in [0, 0.05) is 26.7 Å². The standard InChI is InChI=1S/C14H26N2O4/c1-5-15(9-10-20-4)13(19)16-8-6-7-14(2,3)11(16)12(17)18/h11H,5-10H2,1-4H3,(H,17,18). The molecule has 0 radical (unpaired) electrons. The highest BCUT2D eigenvalue weighted by Crippen LogP contribution is 2.35. The molecule has 20 heavy (non-hydrogen) atoms. The Bertz CT molecular complexity index is 357. The van der Waals surface area contributed by atoms with Crippen molar-refractivity contribution in [3.8, 4) is 0 Å². The minimum atomic E-state index is -0.925. The van der Waals surface area contributed by atoms with Gasteiger partial charge < -0.3 is 19.6 Å². The molecule has 0 aromatic rings. The quantitative estimate of drug-likeness (QED) is 0.834. The maximum absolute atomic E-state index is 12.6. The monoisotopic (exact) mass is 286 g/mol. The lowest BCUT2D eigenvalue weighted by Gasteiger charge is -2.45. The van der Waals surface area contributed by atoms with Crippen molar-refractivity contribution in [3.05, 3.63) is 0 Å². The molecule has 2 amide bonds. The lowest BCUT2D eigenvalue weighted by Crippen LogP contribution is -2.59. The van der Waals surface area contributed by atoms with E-state index in [1.54, 1.807) is 12.0 Å². The Kier molecular flexibility index (Phi) is 5.80. The molecule has 0 bridgehead atoms. The fourth-order valence-electron chi connectivity index (χ4n) is 2.84. The number of urea groups is 1. The summed E-state index contributed by atoms with van der Waals surface area (Å²) in [5, 5.41) is 9.49. The number of nitrogens with zero attached hydrogens (tertiary/aromatic N) is 2. The van der Waals surface area contributed by atoms with Gasteiger partial charge in [0.05, 0.1) is 6.61 Å². The van der Waals surface area contributed by atoms with Gasteiger partial charge in [0.2, 0.25) is 0 Å². The van der Waals surface area contributed by atoms with E-state index in [1.165, 1.54) is 4.90 Å². The number of methoxy groups -OCH3 is 1. The van der Waals surface area contributed by atoms with Crippen molar-refractivity contribution in [1.29, 1.82) is 0 Å². The highest BCUT2D eigenvalue weighted by Gasteiger charge is 2.45. The molecule has 1 fully saturated rings. The van der Waals surface area contributed by atoms with Crippen LogP contribution < -0.4 is 0 Å². The van der Waals surface area contributed by atoms with Crippen molar-refractivity contribution < 1.29 is 19.4 Å². The first-order chi connectivity index (χ1) is 9.35. The van der Waals surface area contributed by atoms with Gasteiger partial charge in [0.25, 0.3) is 0 Å². The number of hydrogen-bond donors (Lipinski definition) is 1. The summed E-state index contributed by atoms with van der Waals surface area (Å²) in [6.45, 7) is 7.70. The van der Waals surface area contributed by atoms with Crippen molar-refractivity contribution in [2.24, 2.45) is 5.41 Å². The first-order valence-corrected chi connectivity index (χ1v) is 7.12. The molecular formula is C14H26N2O4. The SMILES string of the molecule is CCN(CCOC)C(=O)N1CCCC(C)(C)C1C(=O)O. The molecule has 1 aliphatic heterocycles. The van der Waals surface area contributed by atoms with Gasteiger partial charge in [-0.05, 0) is 25.2 Å². The predicted octanol–water partition coefficient (Wildman–Crippen LogP) is 1.65. The van der Waals surface area contributed by atoms with Crippen molar-refractivity contribution in [2.75, 3.05) is 33.4 Å². The van der Waals surface area contributed by atoms with Crippen molar-refractivity contribution >= 4 is 12.0 Å². The number of carbonyl (C=O) groups is 2. The van der Waals surface area contributed by atoms with E-state index in [-0.39, 0.29) is 6.03 Å². The van der Waals surface area contributed by atoms with E-state index in [4.69, 9.17) is 4.74 Å². The lowest BCUT2D eigenvalue weighted by molar-refractivity contribution is -0.148. The Balaban J connectivity index is 2.90. The number of amides is 2. The Morgan fingerprint density at radius 3 is 2.60 bits per heavy atom. The van der Waals surface area contributed by atoms with Crippen LogP contribution in [-0.2, 0) is 9.53 Å². The number of carboxylic acids is 1. The Hall–Kier alpha value is -1.30. The molecule has 1 saturated heterocycles. The van der Waals surface area contributed by atoms with Crippen LogP contribution in [0.3, 0.4) is 0 Å². The highest BCUT2D eigenvalue weighted by atomic mass is 16.5. The average molecular weight is 286 g/mol. The molecular weight excluding hydrogens is 260 g/mol. The molecule has 6 nitrogen and oxygen atoms in total. The van der Waals surface area contributed by atoms with Gasteiger partial charge in [-0.2, -0.15) is 0 Å². The van der Waals surface area contributed by atoms with Gasteiger partial charge in [-0.3, -0.25) is 0 Å². The lowest BCUT2D eigenvalue weighted by atomic mass is 9.76. The second kappa shape index (κ2) is 6.92. The summed E-state index contributed by atoms with van der Waals surface area (Å²) in [4.78, 5) is 27.3. The molecule has 1 N–H and O–H groups in total. The number of carbonyl (C=O) groups excluding carboxylic acids is 1. The molecule has 1 heterocycles. The van der Waals surface area contributed by atoms with Crippen LogP contribution in [0.25, 0.3) is 0 Å². The van der Waals surface area contributed by atoms with Crippen molar-refractivity contribution in [3.63, 3.8) is 0 Å². The number of carboxylic acid groups (broad SMARTS) is 1. The minimum absolute atomic E-state index is 0.204. The third-order valence-corrected chi connectivity index (χ3v) is 3.97. The second-order valence-electron chi connectivity index (χ2n) is 5.88. The minimum Gasteiger partial charge on any atom is -0.480 e. The molecule has 116 valence electrons. The van der Waals surface area contributed by atoms with Crippen LogP contribution in [0.1, 0.15) is 33.6 Å². The van der Waals surface area contributed by atoms with Crippen LogP contribution in [0, 0.1) is 5.41 Å². The Morgan fingerprint density at radius 2 is 2.10 bits per heavy atom. The summed E-state index contributed by atoms with van der Waals surface area (Å²) in [6.07, 6.45) is 1.66. The van der Waals surface area contributed by atoms with E-state index in [0.29, 0.717) is 26.2 Å². The summed E-state index contributed by atoms with van der Waals surface area (Å²) in [5.74, 6) is -0.925. The molecule has 1 aliphatic rings. The molecule has 1 atom stereocenters. The van der Waals surface area contributed by atoms with Crippen LogP contribution in [0.4, 0.5) is 4.79 Å². The van der Waals surface area contributed by atoms with Crippen molar-refractivity contribution in [2.45, 2.75) is 39.7 Å². The molecule has 0 aromatic carbocycles. The average Bonchev–Trinajstić information content (AvgIpc) is 2.37. The van der Waals surface area contributed by atoms with Gasteiger partial charge in [0.15, 0.2) is 0 Å². The summed E-state index contributed by atoms with van der Waals surface area (Å²) in [6, 6.07) is -0.968. The summed E-state index contributed by atoms with van der Waals surface area (Å²) in [7, 11) is 1.59. The maximum atomic E-state index is 12.6. The summed E-state index contributed by atoms with van der Waals surface area (Å²) >= 11 is 0. The van der Waals surface area contributed by atoms with E-state index in [0.717, 1.165) is 12.8 Å². The third-order valence-electron chi connectivity index (χ3n) is 3.97. The van der Waals surface area contributed by atoms with Crippen LogP contribution in [0.2, 0.25) is 0 Å². The zero-order chi connectivity index (χ0) is 15.3. The van der Waals surface area contributed by atoms with Crippen LogP contribution in [-0.4, -0.2) is 66.3 Å². The molecule has 1 unspecified atom stereocenters. The van der Waals surface area contributed by atoms with E-state index in [2.05, 4.69) is 0 Å². The fourth-order valence-corrected chi connectivity index (χ4v) is 2.84. The number of piperidine rings is 1. The van der Waals surface area contributed by atoms with Gasteiger partial charge >= 0.3 is 12.0 Å². The smallest absolute Gasteiger partial charge is 0.327 e. The molecule has 0 spiro atoms. The summed E-state index contributed by atoms with van der Waals surface area (Å²) < 4.78 is 5.00. The number of ether oxygens (including phenoxy) is 1. The number of likely N-dealkylation sites (tertiary alicyclic amines) is 1. The van der Waals surface area contributed by atoms with E-state index >= 15 is 0 Å². The zero-order valence-electron chi connectivity index (χ0n) is 12.9. The van der Waals surface area contributed by atoms with Gasteiger partial charge in [-0.15, -0.1) is 0 Å². The van der Waals surface area contributed by atoms with E-state index < -0.39 is 17.4 Å². The highest BCUT2D eigenvalue weighted by molar-refractivity contribution is 5.83. The van der Waals surface area contributed by atoms with Crippen LogP contribution in [0.5, 0.6) is 0 Å². The molecule has 0 aromatic heterocycles. The second-order valence-corrected chi connectivity index (χ2v) is 5.88. The Labute approximate surface area is 120 Å². The number of rotatable bonds is 5. The van der Waals surface area contributed by atoms with E-state index in [1.807, 2.05) is 20.8 Å². The number of aliphatic carboxylic acids is 1. The largest absolute Gasteiger partial charge is 0.480 e. The first kappa shape index (κ1) is 16.8. The molecule has 6 heteroatoms. The molecule has 0 saturated carbocycles. The third kappa shape index (κ3) is 3.62. The van der Waals surface area contributed by atoms with Gasteiger partial charge in [0.1, 0.15) is 6.04 Å². The van der Waals surface area contributed by atoms with Gasteiger partial charge in [-0.25, -0.2) is 9.59 Å². The van der Waals surface area contributed by atoms with Gasteiger partial charge in [-0.1, -0.05) is 13.8 Å². The van der Waals surface area contributed by atoms with Crippen LogP contribution >= 0.6 is 0 Å². The molecule has 1 rings (SSSR count). The maximum Gasteiger partial charge on any atom is 0.327 e. The first-order valence-electron chi connectivity index (χ1n) is 7.12. The normalized spacial score (nSPS) is 21.6. The summed E-state index contributed by atoms with van der Waals surface area (Å²) in [5.41, 5.74) is -0.402. The number of likely N-dealkylation sites (N-methyl/N-ethyl adjacent to an activating group) is 1. The van der Waals surface area contributed by atoms with Crippen LogP contribution in [0.15, 0.2) is 0 Å². The van der Waals surface area contributed by atoms with Crippen molar-refractivity contribution in [1.82, 2.24) is 9.80 Å². The molecule has 0 aliphatic carbocycles. The fraction of sp³-hybridized carbons (Fsp3) is 0.857. The Morgan fingerprint density at radius 1 is 1.45 bits per heavy atom. The number of hydrogen-bond acceptors (Lipinski definition) is 3. The predicted molar refractivity (Wildman–Crippen MR) is 75.7 cm³/mol. The van der Waals surface area contributed by atoms with E-state index in [9.17, 15) is 14.7 Å². The topological polar surface area (TPSA) is 70.1 Å².